The highest BCUT2D eigenvalue weighted by Gasteiger charge is 2.38. The van der Waals surface area contributed by atoms with Gasteiger partial charge in [-0.2, -0.15) is 0 Å². The van der Waals surface area contributed by atoms with E-state index in [0.717, 1.165) is 53.8 Å². The molecule has 3 aromatic carbocycles. The first-order valence-electron chi connectivity index (χ1n) is 14.3. The minimum atomic E-state index is -0.774. The van der Waals surface area contributed by atoms with Gasteiger partial charge in [0.05, 0.1) is 25.1 Å². The Hall–Kier alpha value is -3.82. The lowest BCUT2D eigenvalue weighted by molar-refractivity contribution is -0.165. The highest BCUT2D eigenvalue weighted by molar-refractivity contribution is 6.08. The number of hydrogen-bond donors (Lipinski definition) is 1. The van der Waals surface area contributed by atoms with Gasteiger partial charge in [-0.1, -0.05) is 12.1 Å². The third kappa shape index (κ3) is 6.32. The van der Waals surface area contributed by atoms with E-state index in [4.69, 9.17) is 23.7 Å². The van der Waals surface area contributed by atoms with Crippen LogP contribution in [0.4, 0.5) is 15.8 Å². The Morgan fingerprint density at radius 1 is 1.02 bits per heavy atom. The molecule has 42 heavy (non-hydrogen) atoms. The number of anilines is 2. The number of aryl methyl sites for hydroxylation is 1. The van der Waals surface area contributed by atoms with Gasteiger partial charge in [0.15, 0.2) is 6.29 Å². The SMILES string of the molecule is COc1cc(OCCOC2CCCCO2)ccc1-c1ccc2c(c1COc1cc(F)ccc1C)N(C)C(=O)C(C)(C)N2. The molecule has 1 saturated heterocycles. The molecule has 8 nitrogen and oxygen atoms in total. The molecule has 1 amide bonds. The van der Waals surface area contributed by atoms with Gasteiger partial charge in [-0.05, 0) is 75.4 Å². The number of methoxy groups -OCH3 is 1. The van der Waals surface area contributed by atoms with E-state index in [1.165, 1.54) is 12.1 Å². The first kappa shape index (κ1) is 29.7. The maximum atomic E-state index is 14.0. The van der Waals surface area contributed by atoms with Crippen LogP contribution in [0.5, 0.6) is 17.2 Å². The molecule has 1 atom stereocenters. The topological polar surface area (TPSA) is 78.5 Å². The smallest absolute Gasteiger partial charge is 0.251 e. The molecule has 0 aliphatic carbocycles. The van der Waals surface area contributed by atoms with Gasteiger partial charge in [-0.3, -0.25) is 4.79 Å². The number of amides is 1. The Morgan fingerprint density at radius 2 is 1.83 bits per heavy atom. The van der Waals surface area contributed by atoms with E-state index in [0.29, 0.717) is 36.1 Å². The second-order valence-corrected chi connectivity index (χ2v) is 11.2. The van der Waals surface area contributed by atoms with Crippen LogP contribution in [-0.4, -0.2) is 51.7 Å². The van der Waals surface area contributed by atoms with Crippen molar-refractivity contribution in [2.45, 2.75) is 58.5 Å². The minimum absolute atomic E-state index is 0.0769. The van der Waals surface area contributed by atoms with Crippen LogP contribution in [0.1, 0.15) is 44.2 Å². The maximum absolute atomic E-state index is 14.0. The van der Waals surface area contributed by atoms with Gasteiger partial charge in [0.2, 0.25) is 0 Å². The number of nitrogens with one attached hydrogen (secondary N) is 1. The molecular weight excluding hydrogens is 539 g/mol. The van der Waals surface area contributed by atoms with Crippen molar-refractivity contribution >= 4 is 17.3 Å². The molecule has 0 bridgehead atoms. The quantitative estimate of drug-likeness (QED) is 0.276. The highest BCUT2D eigenvalue weighted by atomic mass is 19.1. The first-order valence-corrected chi connectivity index (χ1v) is 14.3. The van der Waals surface area contributed by atoms with Gasteiger partial charge >= 0.3 is 0 Å². The number of benzene rings is 3. The summed E-state index contributed by atoms with van der Waals surface area (Å²) >= 11 is 0. The fourth-order valence-electron chi connectivity index (χ4n) is 5.47. The second-order valence-electron chi connectivity index (χ2n) is 11.2. The lowest BCUT2D eigenvalue weighted by Crippen LogP contribution is -2.52. The van der Waals surface area contributed by atoms with E-state index in [1.54, 1.807) is 25.1 Å². The second kappa shape index (κ2) is 12.6. The van der Waals surface area contributed by atoms with E-state index in [1.807, 2.05) is 51.1 Å². The van der Waals surface area contributed by atoms with Crippen molar-refractivity contribution < 1.29 is 32.9 Å². The van der Waals surface area contributed by atoms with Gasteiger partial charge in [0.1, 0.15) is 41.8 Å². The Morgan fingerprint density at radius 3 is 2.60 bits per heavy atom. The normalized spacial score (nSPS) is 17.8. The molecule has 0 spiro atoms. The fourth-order valence-corrected chi connectivity index (χ4v) is 5.47. The Labute approximate surface area is 246 Å². The number of fused-ring (bicyclic) bond motifs is 1. The van der Waals surface area contributed by atoms with Crippen molar-refractivity contribution in [1.82, 2.24) is 0 Å². The summed E-state index contributed by atoms with van der Waals surface area (Å²) in [7, 11) is 3.37. The van der Waals surface area contributed by atoms with Gasteiger partial charge in [0.25, 0.3) is 5.91 Å². The van der Waals surface area contributed by atoms with Gasteiger partial charge in [-0.15, -0.1) is 0 Å². The largest absolute Gasteiger partial charge is 0.496 e. The number of likely N-dealkylation sites (N-methyl/N-ethyl adjacent to an activating group) is 1. The van der Waals surface area contributed by atoms with Crippen molar-refractivity contribution in [3.8, 4) is 28.4 Å². The highest BCUT2D eigenvalue weighted by Crippen LogP contribution is 2.45. The van der Waals surface area contributed by atoms with Crippen LogP contribution in [0, 0.1) is 12.7 Å². The number of ether oxygens (including phenoxy) is 5. The fraction of sp³-hybridized carbons (Fsp3) is 0.424. The van der Waals surface area contributed by atoms with Crippen molar-refractivity contribution in [1.29, 1.82) is 0 Å². The van der Waals surface area contributed by atoms with Crippen molar-refractivity contribution in [2.75, 3.05) is 44.2 Å². The molecule has 9 heteroatoms. The molecule has 224 valence electrons. The molecule has 3 aromatic rings. The van der Waals surface area contributed by atoms with E-state index >= 15 is 0 Å². The van der Waals surface area contributed by atoms with E-state index in [2.05, 4.69) is 5.32 Å². The number of carbonyl (C=O) groups is 1. The van der Waals surface area contributed by atoms with Gasteiger partial charge in [-0.25, -0.2) is 4.39 Å². The monoisotopic (exact) mass is 578 g/mol. The van der Waals surface area contributed by atoms with Crippen molar-refractivity contribution in [3.05, 3.63) is 65.5 Å². The Kier molecular flexibility index (Phi) is 8.89. The number of rotatable bonds is 10. The minimum Gasteiger partial charge on any atom is -0.496 e. The molecule has 5 rings (SSSR count). The number of halogens is 1. The molecule has 0 saturated carbocycles. The summed E-state index contributed by atoms with van der Waals surface area (Å²) in [5, 5.41) is 3.37. The Balaban J connectivity index is 1.45. The zero-order valence-corrected chi connectivity index (χ0v) is 24.9. The number of nitrogens with zero attached hydrogens (tertiary/aromatic N) is 1. The maximum Gasteiger partial charge on any atom is 0.251 e. The van der Waals surface area contributed by atoms with Crippen LogP contribution in [0.15, 0.2) is 48.5 Å². The summed E-state index contributed by atoms with van der Waals surface area (Å²) in [6.45, 7) is 7.20. The predicted molar refractivity (Wildman–Crippen MR) is 160 cm³/mol. The van der Waals surface area contributed by atoms with Crippen LogP contribution < -0.4 is 24.4 Å². The van der Waals surface area contributed by atoms with Gasteiger partial charge < -0.3 is 33.9 Å². The molecule has 2 heterocycles. The lowest BCUT2D eigenvalue weighted by Gasteiger charge is -2.39. The van der Waals surface area contributed by atoms with Gasteiger partial charge in [0, 0.05) is 36.9 Å². The third-order valence-electron chi connectivity index (χ3n) is 7.68. The van der Waals surface area contributed by atoms with Crippen LogP contribution in [-0.2, 0) is 20.9 Å². The molecule has 1 fully saturated rings. The molecule has 2 aliphatic heterocycles. The van der Waals surface area contributed by atoms with Crippen molar-refractivity contribution in [2.24, 2.45) is 0 Å². The summed E-state index contributed by atoms with van der Waals surface area (Å²) in [4.78, 5) is 14.9. The molecule has 0 radical (unpaired) electrons. The van der Waals surface area contributed by atoms with Crippen LogP contribution in [0.3, 0.4) is 0 Å². The molecule has 1 N–H and O–H groups in total. The summed E-state index contributed by atoms with van der Waals surface area (Å²) in [6, 6.07) is 14.0. The zero-order valence-electron chi connectivity index (χ0n) is 24.9. The molecule has 2 aliphatic rings. The van der Waals surface area contributed by atoms with E-state index in [9.17, 15) is 9.18 Å². The molecular formula is C33H39FN2O6. The summed E-state index contributed by atoms with van der Waals surface area (Å²) in [6.07, 6.45) is 2.93. The molecule has 0 aromatic heterocycles. The molecule has 1 unspecified atom stereocenters. The van der Waals surface area contributed by atoms with E-state index < -0.39 is 5.54 Å². The van der Waals surface area contributed by atoms with Crippen LogP contribution in [0.2, 0.25) is 0 Å². The third-order valence-corrected chi connectivity index (χ3v) is 7.68. The Bertz CT molecular complexity index is 1440. The summed E-state index contributed by atoms with van der Waals surface area (Å²) in [5.41, 5.74) is 3.94. The standard InChI is InChI=1S/C33H39FN2O6/c1-21-9-10-22(34)18-28(21)42-20-26-24(13-14-27-31(26)36(4)32(37)33(2,3)35-27)25-12-11-23(19-29(25)38-5)39-16-17-41-30-8-6-7-15-40-30/h9-14,18-19,30,35H,6-8,15-17,20H2,1-5H3. The summed E-state index contributed by atoms with van der Waals surface area (Å²) < 4.78 is 43.4. The van der Waals surface area contributed by atoms with Crippen LogP contribution in [0.25, 0.3) is 11.1 Å². The van der Waals surface area contributed by atoms with E-state index in [-0.39, 0.29) is 24.6 Å². The average Bonchev–Trinajstić information content (AvgIpc) is 2.98. The zero-order chi connectivity index (χ0) is 29.9. The average molecular weight is 579 g/mol. The summed E-state index contributed by atoms with van der Waals surface area (Å²) in [5.74, 6) is 1.23. The van der Waals surface area contributed by atoms with Crippen LogP contribution >= 0.6 is 0 Å². The first-order chi connectivity index (χ1) is 20.2. The number of hydrogen-bond acceptors (Lipinski definition) is 7. The number of carbonyl (C=O) groups excluding carboxylic acids is 1. The predicted octanol–water partition coefficient (Wildman–Crippen LogP) is 6.48. The lowest BCUT2D eigenvalue weighted by atomic mass is 9.91. The van der Waals surface area contributed by atoms with Crippen molar-refractivity contribution in [3.63, 3.8) is 0 Å².